The van der Waals surface area contributed by atoms with Crippen LogP contribution in [0.2, 0.25) is 0 Å². The Hall–Kier alpha value is -2.25. The molecule has 0 saturated carbocycles. The molecule has 0 aliphatic rings. The van der Waals surface area contributed by atoms with Gasteiger partial charge in [0.1, 0.15) is 5.00 Å². The van der Waals surface area contributed by atoms with Crippen LogP contribution >= 0.6 is 11.3 Å². The molecular weight excluding hydrogens is 328 g/mol. The zero-order chi connectivity index (χ0) is 17.4. The zero-order valence-corrected chi connectivity index (χ0v) is 14.5. The number of rotatable bonds is 8. The minimum atomic E-state index is -0.556. The van der Waals surface area contributed by atoms with Crippen LogP contribution in [0.15, 0.2) is 35.8 Å². The van der Waals surface area contributed by atoms with E-state index in [0.717, 1.165) is 6.42 Å². The van der Waals surface area contributed by atoms with E-state index in [-0.39, 0.29) is 11.6 Å². The van der Waals surface area contributed by atoms with E-state index in [9.17, 15) is 9.59 Å². The van der Waals surface area contributed by atoms with Gasteiger partial charge in [0.25, 0.3) is 0 Å². The van der Waals surface area contributed by atoms with Crippen LogP contribution in [0.5, 0.6) is 0 Å². The van der Waals surface area contributed by atoms with Gasteiger partial charge in [-0.25, -0.2) is 9.78 Å². The van der Waals surface area contributed by atoms with Crippen molar-refractivity contribution in [2.24, 2.45) is 0 Å². The summed E-state index contributed by atoms with van der Waals surface area (Å²) in [7, 11) is 2.93. The van der Waals surface area contributed by atoms with Crippen LogP contribution in [0.1, 0.15) is 29.8 Å². The highest BCUT2D eigenvalue weighted by Crippen LogP contribution is 2.33. The van der Waals surface area contributed by atoms with E-state index in [1.807, 2.05) is 30.3 Å². The van der Waals surface area contributed by atoms with E-state index in [0.29, 0.717) is 30.1 Å². The van der Waals surface area contributed by atoms with Gasteiger partial charge in [-0.2, -0.15) is 0 Å². The molecule has 1 amide bonds. The third-order valence-electron chi connectivity index (χ3n) is 3.38. The van der Waals surface area contributed by atoms with Gasteiger partial charge in [0.15, 0.2) is 5.69 Å². The van der Waals surface area contributed by atoms with Crippen molar-refractivity contribution in [2.45, 2.75) is 19.3 Å². The Kier molecular flexibility index (Phi) is 6.89. The summed E-state index contributed by atoms with van der Waals surface area (Å²) in [5.74, 6) is -0.647. The molecule has 0 aliphatic carbocycles. The number of thiazole rings is 1. The number of aromatic nitrogens is 1. The molecule has 1 aromatic heterocycles. The highest BCUT2D eigenvalue weighted by Gasteiger charge is 2.26. The quantitative estimate of drug-likeness (QED) is 0.540. The number of hydrogen-bond donors (Lipinski definition) is 0. The number of carbonyl (C=O) groups is 2. The minimum absolute atomic E-state index is 0.0910. The van der Waals surface area contributed by atoms with Crippen molar-refractivity contribution in [3.8, 4) is 0 Å². The summed E-state index contributed by atoms with van der Waals surface area (Å²) in [6.45, 7) is 0.618. The lowest BCUT2D eigenvalue weighted by atomic mass is 10.2. The van der Waals surface area contributed by atoms with Gasteiger partial charge >= 0.3 is 5.97 Å². The molecule has 7 heteroatoms. The zero-order valence-electron chi connectivity index (χ0n) is 13.7. The van der Waals surface area contributed by atoms with Crippen LogP contribution in [-0.2, 0) is 14.3 Å². The van der Waals surface area contributed by atoms with E-state index < -0.39 is 5.97 Å². The fourth-order valence-corrected chi connectivity index (χ4v) is 3.04. The summed E-state index contributed by atoms with van der Waals surface area (Å²) in [6.07, 6.45) is 1.87. The van der Waals surface area contributed by atoms with Crippen molar-refractivity contribution in [1.82, 2.24) is 4.98 Å². The summed E-state index contributed by atoms with van der Waals surface area (Å²) in [5, 5.41) is 0.477. The number of carbonyl (C=O) groups excluding carboxylic acids is 2. The molecule has 1 heterocycles. The number of benzene rings is 1. The minimum Gasteiger partial charge on any atom is -0.464 e. The van der Waals surface area contributed by atoms with Crippen molar-refractivity contribution < 1.29 is 19.1 Å². The van der Waals surface area contributed by atoms with Crippen molar-refractivity contribution in [3.63, 3.8) is 0 Å². The molecule has 0 spiro atoms. The Morgan fingerprint density at radius 1 is 1.17 bits per heavy atom. The number of esters is 1. The van der Waals surface area contributed by atoms with Crippen molar-refractivity contribution in [3.05, 3.63) is 41.5 Å². The van der Waals surface area contributed by atoms with Gasteiger partial charge in [0.2, 0.25) is 5.91 Å². The van der Waals surface area contributed by atoms with Crippen LogP contribution < -0.4 is 4.90 Å². The molecule has 24 heavy (non-hydrogen) atoms. The lowest BCUT2D eigenvalue weighted by Crippen LogP contribution is -2.26. The molecule has 2 rings (SSSR count). The topological polar surface area (TPSA) is 68.7 Å². The molecule has 0 radical (unpaired) electrons. The smallest absolute Gasteiger partial charge is 0.359 e. The van der Waals surface area contributed by atoms with Crippen molar-refractivity contribution in [2.75, 3.05) is 25.7 Å². The maximum atomic E-state index is 12.8. The lowest BCUT2D eigenvalue weighted by molar-refractivity contribution is -0.118. The second kappa shape index (κ2) is 9.14. The lowest BCUT2D eigenvalue weighted by Gasteiger charge is -2.22. The summed E-state index contributed by atoms with van der Waals surface area (Å²) in [6, 6.07) is 9.22. The molecule has 0 fully saturated rings. The number of anilines is 2. The summed E-state index contributed by atoms with van der Waals surface area (Å²) >= 11 is 1.24. The van der Waals surface area contributed by atoms with Crippen molar-refractivity contribution >= 4 is 33.9 Å². The Labute approximate surface area is 145 Å². The van der Waals surface area contributed by atoms with E-state index in [2.05, 4.69) is 4.98 Å². The molecular formula is C17H20N2O4S. The first kappa shape index (κ1) is 18.1. The number of amides is 1. The van der Waals surface area contributed by atoms with E-state index in [1.54, 1.807) is 7.11 Å². The first-order chi connectivity index (χ1) is 11.7. The van der Waals surface area contributed by atoms with Crippen LogP contribution in [0.25, 0.3) is 0 Å². The fourth-order valence-electron chi connectivity index (χ4n) is 2.22. The first-order valence-electron chi connectivity index (χ1n) is 7.57. The Morgan fingerprint density at radius 2 is 1.92 bits per heavy atom. The first-order valence-corrected chi connectivity index (χ1v) is 8.45. The van der Waals surface area contributed by atoms with Crippen LogP contribution in [0.4, 0.5) is 10.7 Å². The average Bonchev–Trinajstić information content (AvgIpc) is 3.08. The predicted octanol–water partition coefficient (Wildman–Crippen LogP) is 3.41. The second-order valence-electron chi connectivity index (χ2n) is 5.01. The van der Waals surface area contributed by atoms with Gasteiger partial charge in [0, 0.05) is 25.8 Å². The van der Waals surface area contributed by atoms with Gasteiger partial charge in [-0.15, -0.1) is 11.3 Å². The Morgan fingerprint density at radius 3 is 2.58 bits per heavy atom. The molecule has 0 saturated heterocycles. The third kappa shape index (κ3) is 4.39. The number of unbranched alkanes of at least 4 members (excludes halogenated alkanes) is 1. The SMILES string of the molecule is COCCCCC(=O)N(c1ccccc1)c1scnc1C(=O)OC. The van der Waals surface area contributed by atoms with Gasteiger partial charge < -0.3 is 9.47 Å². The Balaban J connectivity index is 2.29. The largest absolute Gasteiger partial charge is 0.464 e. The molecule has 0 N–H and O–H groups in total. The van der Waals surface area contributed by atoms with E-state index in [1.165, 1.54) is 28.9 Å². The monoisotopic (exact) mass is 348 g/mol. The molecule has 0 bridgehead atoms. The third-order valence-corrected chi connectivity index (χ3v) is 4.19. The molecule has 1 aromatic carbocycles. The molecule has 6 nitrogen and oxygen atoms in total. The van der Waals surface area contributed by atoms with Crippen LogP contribution in [-0.4, -0.2) is 37.7 Å². The maximum Gasteiger partial charge on any atom is 0.359 e. The van der Waals surface area contributed by atoms with Gasteiger partial charge in [-0.05, 0) is 25.0 Å². The van der Waals surface area contributed by atoms with Gasteiger partial charge in [-0.3, -0.25) is 9.69 Å². The highest BCUT2D eigenvalue weighted by molar-refractivity contribution is 7.14. The second-order valence-corrected chi connectivity index (χ2v) is 5.85. The fraction of sp³-hybridized carbons (Fsp3) is 0.353. The summed E-state index contributed by atoms with van der Waals surface area (Å²) in [5.41, 5.74) is 2.38. The summed E-state index contributed by atoms with van der Waals surface area (Å²) < 4.78 is 9.78. The predicted molar refractivity (Wildman–Crippen MR) is 92.8 cm³/mol. The molecule has 0 aliphatic heterocycles. The molecule has 0 atom stereocenters. The normalized spacial score (nSPS) is 10.4. The highest BCUT2D eigenvalue weighted by atomic mass is 32.1. The molecule has 128 valence electrons. The number of nitrogens with zero attached hydrogens (tertiary/aromatic N) is 2. The number of hydrogen-bond acceptors (Lipinski definition) is 6. The summed E-state index contributed by atoms with van der Waals surface area (Å²) in [4.78, 5) is 30.3. The standard InChI is InChI=1S/C17H20N2O4S/c1-22-11-7-6-10-14(20)19(13-8-4-3-5-9-13)16-15(17(21)23-2)18-12-24-16/h3-5,8-9,12H,6-7,10-11H2,1-2H3. The van der Waals surface area contributed by atoms with E-state index in [4.69, 9.17) is 9.47 Å². The van der Waals surface area contributed by atoms with Gasteiger partial charge in [-0.1, -0.05) is 18.2 Å². The maximum absolute atomic E-state index is 12.8. The van der Waals surface area contributed by atoms with Gasteiger partial charge in [0.05, 0.1) is 12.6 Å². The number of ether oxygens (including phenoxy) is 2. The van der Waals surface area contributed by atoms with Crippen LogP contribution in [0, 0.1) is 0 Å². The van der Waals surface area contributed by atoms with E-state index >= 15 is 0 Å². The number of para-hydroxylation sites is 1. The average molecular weight is 348 g/mol. The molecule has 0 unspecified atom stereocenters. The van der Waals surface area contributed by atoms with Crippen LogP contribution in [0.3, 0.4) is 0 Å². The number of methoxy groups -OCH3 is 2. The van der Waals surface area contributed by atoms with Crippen molar-refractivity contribution in [1.29, 1.82) is 0 Å². The molecule has 2 aromatic rings. The Bertz CT molecular complexity index is 672.